The molecule has 0 aliphatic heterocycles. The summed E-state index contributed by atoms with van der Waals surface area (Å²) in [7, 11) is 1.80. The number of halogens is 2. The van der Waals surface area contributed by atoms with Crippen molar-refractivity contribution in [1.29, 1.82) is 0 Å². The van der Waals surface area contributed by atoms with Gasteiger partial charge in [-0.1, -0.05) is 17.7 Å². The molecule has 1 aromatic rings. The Kier molecular flexibility index (Phi) is 4.47. The molecule has 0 saturated heterocycles. The van der Waals surface area contributed by atoms with Crippen molar-refractivity contribution in [2.75, 3.05) is 13.7 Å². The second-order valence-electron chi connectivity index (χ2n) is 4.59. The third kappa shape index (κ3) is 3.22. The summed E-state index contributed by atoms with van der Waals surface area (Å²) in [5, 5.41) is 4.20. The van der Waals surface area contributed by atoms with E-state index in [1.807, 2.05) is 12.1 Å². The van der Waals surface area contributed by atoms with E-state index in [1.54, 1.807) is 7.11 Å². The minimum atomic E-state index is 0.0825. The molecule has 0 heterocycles. The first-order chi connectivity index (χ1) is 8.15. The molecule has 2 rings (SSSR count). The highest BCUT2D eigenvalue weighted by Crippen LogP contribution is 2.34. The van der Waals surface area contributed by atoms with E-state index in [0.717, 1.165) is 35.4 Å². The van der Waals surface area contributed by atoms with Gasteiger partial charge in [0.15, 0.2) is 0 Å². The standard InChI is InChI=1S/C13H17BrClNO/c1-17-13(5-2-6-13)9-16-8-10-3-4-11(14)12(15)7-10/h3-4,7,16H,2,5-6,8-9H2,1H3. The van der Waals surface area contributed by atoms with Crippen molar-refractivity contribution in [3.8, 4) is 0 Å². The Labute approximate surface area is 116 Å². The van der Waals surface area contributed by atoms with Crippen LogP contribution in [0.1, 0.15) is 24.8 Å². The Bertz CT molecular complexity index is 387. The lowest BCUT2D eigenvalue weighted by atomic mass is 9.80. The molecule has 17 heavy (non-hydrogen) atoms. The van der Waals surface area contributed by atoms with E-state index < -0.39 is 0 Å². The summed E-state index contributed by atoms with van der Waals surface area (Å²) in [6, 6.07) is 6.04. The van der Waals surface area contributed by atoms with Gasteiger partial charge in [-0.15, -0.1) is 0 Å². The molecule has 0 amide bonds. The lowest BCUT2D eigenvalue weighted by molar-refractivity contribution is -0.0695. The predicted molar refractivity (Wildman–Crippen MR) is 74.4 cm³/mol. The first-order valence-corrected chi connectivity index (χ1v) is 7.02. The largest absolute Gasteiger partial charge is 0.377 e. The topological polar surface area (TPSA) is 21.3 Å². The summed E-state index contributed by atoms with van der Waals surface area (Å²) in [6.45, 7) is 1.75. The second-order valence-corrected chi connectivity index (χ2v) is 5.85. The molecule has 0 radical (unpaired) electrons. The van der Waals surface area contributed by atoms with E-state index in [1.165, 1.54) is 12.0 Å². The van der Waals surface area contributed by atoms with Gasteiger partial charge >= 0.3 is 0 Å². The van der Waals surface area contributed by atoms with Crippen LogP contribution >= 0.6 is 27.5 Å². The maximum Gasteiger partial charge on any atom is 0.0802 e. The number of nitrogens with one attached hydrogen (secondary N) is 1. The smallest absolute Gasteiger partial charge is 0.0802 e. The number of hydrogen-bond donors (Lipinski definition) is 1. The molecular formula is C13H17BrClNO. The molecule has 94 valence electrons. The minimum absolute atomic E-state index is 0.0825. The van der Waals surface area contributed by atoms with Crippen molar-refractivity contribution < 1.29 is 4.74 Å². The van der Waals surface area contributed by atoms with Gasteiger partial charge < -0.3 is 10.1 Å². The summed E-state index contributed by atoms with van der Waals surface area (Å²) in [5.41, 5.74) is 1.28. The van der Waals surface area contributed by atoms with Crippen molar-refractivity contribution in [2.45, 2.75) is 31.4 Å². The summed E-state index contributed by atoms with van der Waals surface area (Å²) >= 11 is 9.44. The first kappa shape index (κ1) is 13.3. The van der Waals surface area contributed by atoms with Crippen molar-refractivity contribution in [1.82, 2.24) is 5.32 Å². The zero-order valence-electron chi connectivity index (χ0n) is 9.93. The van der Waals surface area contributed by atoms with Gasteiger partial charge in [-0.05, 0) is 52.9 Å². The van der Waals surface area contributed by atoms with Crippen LogP contribution in [-0.4, -0.2) is 19.3 Å². The van der Waals surface area contributed by atoms with Crippen molar-refractivity contribution in [3.63, 3.8) is 0 Å². The monoisotopic (exact) mass is 317 g/mol. The van der Waals surface area contributed by atoms with Crippen LogP contribution < -0.4 is 5.32 Å². The third-order valence-corrected chi connectivity index (χ3v) is 4.69. The molecule has 1 fully saturated rings. The average Bonchev–Trinajstić information content (AvgIpc) is 2.27. The van der Waals surface area contributed by atoms with E-state index in [4.69, 9.17) is 16.3 Å². The van der Waals surface area contributed by atoms with E-state index in [0.29, 0.717) is 0 Å². The van der Waals surface area contributed by atoms with Gasteiger partial charge in [0, 0.05) is 24.7 Å². The van der Waals surface area contributed by atoms with Crippen LogP contribution in [0.25, 0.3) is 0 Å². The molecule has 1 N–H and O–H groups in total. The highest BCUT2D eigenvalue weighted by Gasteiger charge is 2.36. The first-order valence-electron chi connectivity index (χ1n) is 5.85. The molecule has 1 aromatic carbocycles. The third-order valence-electron chi connectivity index (χ3n) is 3.46. The van der Waals surface area contributed by atoms with E-state index >= 15 is 0 Å². The lowest BCUT2D eigenvalue weighted by Gasteiger charge is -2.40. The zero-order chi connectivity index (χ0) is 12.3. The molecule has 4 heteroatoms. The normalized spacial score (nSPS) is 17.8. The van der Waals surface area contributed by atoms with Crippen LogP contribution in [0.2, 0.25) is 5.02 Å². The van der Waals surface area contributed by atoms with Crippen LogP contribution in [0.3, 0.4) is 0 Å². The fourth-order valence-electron chi connectivity index (χ4n) is 2.11. The van der Waals surface area contributed by atoms with E-state index in [9.17, 15) is 0 Å². The fourth-order valence-corrected chi connectivity index (χ4v) is 2.56. The van der Waals surface area contributed by atoms with E-state index in [-0.39, 0.29) is 5.60 Å². The van der Waals surface area contributed by atoms with Gasteiger partial charge in [0.1, 0.15) is 0 Å². The number of methoxy groups -OCH3 is 1. The van der Waals surface area contributed by atoms with Crippen molar-refractivity contribution >= 4 is 27.5 Å². The zero-order valence-corrected chi connectivity index (χ0v) is 12.3. The molecular weight excluding hydrogens is 302 g/mol. The fraction of sp³-hybridized carbons (Fsp3) is 0.538. The molecule has 1 aliphatic carbocycles. The summed E-state index contributed by atoms with van der Waals surface area (Å²) in [4.78, 5) is 0. The summed E-state index contributed by atoms with van der Waals surface area (Å²) in [6.07, 6.45) is 3.61. The quantitative estimate of drug-likeness (QED) is 0.892. The van der Waals surface area contributed by atoms with Gasteiger partial charge in [-0.3, -0.25) is 0 Å². The number of ether oxygens (including phenoxy) is 1. The van der Waals surface area contributed by atoms with Crippen LogP contribution in [0.4, 0.5) is 0 Å². The maximum absolute atomic E-state index is 6.05. The van der Waals surface area contributed by atoms with Gasteiger partial charge in [-0.2, -0.15) is 0 Å². The van der Waals surface area contributed by atoms with Crippen LogP contribution in [0.5, 0.6) is 0 Å². The number of benzene rings is 1. The lowest BCUT2D eigenvalue weighted by Crippen LogP contribution is -2.47. The van der Waals surface area contributed by atoms with Crippen molar-refractivity contribution in [2.24, 2.45) is 0 Å². The number of rotatable bonds is 5. The molecule has 1 saturated carbocycles. The highest BCUT2D eigenvalue weighted by atomic mass is 79.9. The molecule has 0 aromatic heterocycles. The molecule has 1 aliphatic rings. The second kappa shape index (κ2) is 5.70. The predicted octanol–water partition coefficient (Wildman–Crippen LogP) is 3.76. The van der Waals surface area contributed by atoms with Crippen LogP contribution in [0, 0.1) is 0 Å². The molecule has 0 spiro atoms. The Balaban J connectivity index is 1.83. The summed E-state index contributed by atoms with van der Waals surface area (Å²) in [5.74, 6) is 0. The van der Waals surface area contributed by atoms with Gasteiger partial charge in [0.05, 0.1) is 10.6 Å². The Hall–Kier alpha value is -0.0900. The van der Waals surface area contributed by atoms with Crippen LogP contribution in [-0.2, 0) is 11.3 Å². The molecule has 2 nitrogen and oxygen atoms in total. The van der Waals surface area contributed by atoms with Gasteiger partial charge in [0.25, 0.3) is 0 Å². The Morgan fingerprint density at radius 3 is 2.76 bits per heavy atom. The number of hydrogen-bond acceptors (Lipinski definition) is 2. The van der Waals surface area contributed by atoms with Gasteiger partial charge in [-0.25, -0.2) is 0 Å². The van der Waals surface area contributed by atoms with E-state index in [2.05, 4.69) is 27.3 Å². The Morgan fingerprint density at radius 1 is 1.47 bits per heavy atom. The van der Waals surface area contributed by atoms with Crippen molar-refractivity contribution in [3.05, 3.63) is 33.3 Å². The highest BCUT2D eigenvalue weighted by molar-refractivity contribution is 9.10. The Morgan fingerprint density at radius 2 is 2.24 bits per heavy atom. The maximum atomic E-state index is 6.05. The minimum Gasteiger partial charge on any atom is -0.377 e. The van der Waals surface area contributed by atoms with Gasteiger partial charge in [0.2, 0.25) is 0 Å². The summed E-state index contributed by atoms with van der Waals surface area (Å²) < 4.78 is 6.50. The average molecular weight is 319 g/mol. The molecule has 0 atom stereocenters. The SMILES string of the molecule is COC1(CNCc2ccc(Br)c(Cl)c2)CCC1. The molecule has 0 unspecified atom stereocenters. The van der Waals surface area contributed by atoms with Crippen LogP contribution in [0.15, 0.2) is 22.7 Å². The molecule has 0 bridgehead atoms.